The Morgan fingerprint density at radius 2 is 1.72 bits per heavy atom. The third-order valence-electron chi connectivity index (χ3n) is 4.18. The summed E-state index contributed by atoms with van der Waals surface area (Å²) in [6.45, 7) is 0. The second kappa shape index (κ2) is 5.24. The van der Waals surface area contributed by atoms with E-state index in [1.807, 2.05) is 6.07 Å². The summed E-state index contributed by atoms with van der Waals surface area (Å²) in [5.41, 5.74) is -1.56. The number of methoxy groups -OCH3 is 1. The van der Waals surface area contributed by atoms with Gasteiger partial charge in [0, 0.05) is 5.39 Å². The summed E-state index contributed by atoms with van der Waals surface area (Å²) in [5, 5.41) is 1.02. The van der Waals surface area contributed by atoms with Gasteiger partial charge in [-0.1, -0.05) is 18.2 Å². The van der Waals surface area contributed by atoms with Crippen molar-refractivity contribution in [1.82, 2.24) is 0 Å². The summed E-state index contributed by atoms with van der Waals surface area (Å²) in [6, 6.07) is 11.9. The summed E-state index contributed by atoms with van der Waals surface area (Å²) < 4.78 is 50.7. The highest BCUT2D eigenvalue weighted by molar-refractivity contribution is 6.02. The summed E-state index contributed by atoms with van der Waals surface area (Å²) >= 11 is 0. The van der Waals surface area contributed by atoms with E-state index in [4.69, 9.17) is 9.15 Å². The average molecular weight is 344 g/mol. The third-order valence-corrected chi connectivity index (χ3v) is 4.18. The molecule has 0 aliphatic rings. The van der Waals surface area contributed by atoms with Crippen LogP contribution in [-0.2, 0) is 6.18 Å². The smallest absolute Gasteiger partial charge is 0.417 e. The van der Waals surface area contributed by atoms with Gasteiger partial charge in [0.2, 0.25) is 5.43 Å². The lowest BCUT2D eigenvalue weighted by atomic mass is 10.0. The molecule has 6 heteroatoms. The van der Waals surface area contributed by atoms with E-state index in [1.54, 1.807) is 18.2 Å². The molecule has 0 atom stereocenters. The first kappa shape index (κ1) is 15.5. The molecule has 0 aliphatic carbocycles. The largest absolute Gasteiger partial charge is 0.496 e. The molecular weight excluding hydrogens is 333 g/mol. The Morgan fingerprint density at radius 1 is 0.960 bits per heavy atom. The van der Waals surface area contributed by atoms with Crippen LogP contribution in [-0.4, -0.2) is 7.11 Å². The van der Waals surface area contributed by atoms with Gasteiger partial charge in [-0.25, -0.2) is 0 Å². The second-order valence-electron chi connectivity index (χ2n) is 5.64. The molecule has 1 aromatic heterocycles. The summed E-state index contributed by atoms with van der Waals surface area (Å²) in [6.07, 6.45) is -4.64. The topological polar surface area (TPSA) is 39.4 Å². The van der Waals surface area contributed by atoms with E-state index in [9.17, 15) is 18.0 Å². The number of hydrogen-bond acceptors (Lipinski definition) is 3. The van der Waals surface area contributed by atoms with Crippen LogP contribution in [0.4, 0.5) is 13.2 Å². The van der Waals surface area contributed by atoms with E-state index >= 15 is 0 Å². The lowest BCUT2D eigenvalue weighted by Crippen LogP contribution is -2.12. The van der Waals surface area contributed by atoms with Crippen LogP contribution in [0.15, 0.2) is 57.7 Å². The van der Waals surface area contributed by atoms with Crippen LogP contribution < -0.4 is 10.2 Å². The van der Waals surface area contributed by atoms with Gasteiger partial charge in [-0.05, 0) is 35.7 Å². The summed E-state index contributed by atoms with van der Waals surface area (Å²) in [7, 11) is 1.49. The van der Waals surface area contributed by atoms with Crippen molar-refractivity contribution in [3.8, 4) is 5.75 Å². The Morgan fingerprint density at radius 3 is 2.44 bits per heavy atom. The van der Waals surface area contributed by atoms with Crippen molar-refractivity contribution < 1.29 is 22.3 Å². The van der Waals surface area contributed by atoms with Gasteiger partial charge in [0.25, 0.3) is 0 Å². The predicted octanol–water partition coefficient (Wildman–Crippen LogP) is 5.13. The quantitative estimate of drug-likeness (QED) is 0.450. The number of alkyl halides is 3. The number of hydrogen-bond donors (Lipinski definition) is 0. The lowest BCUT2D eigenvalue weighted by molar-refractivity contribution is -0.136. The molecule has 0 radical (unpaired) electrons. The fraction of sp³-hybridized carbons (Fsp3) is 0.105. The monoisotopic (exact) mass is 344 g/mol. The zero-order valence-electron chi connectivity index (χ0n) is 13.0. The Kier molecular flexibility index (Phi) is 3.25. The number of benzene rings is 3. The standard InChI is InChI=1S/C19H11F3O3/c1-24-14-6-2-4-10-8-16-12(9-11(10)14)18(23)17-13(19(20,21)22)5-3-7-15(17)25-16/h2-9H,1H3. The molecule has 25 heavy (non-hydrogen) atoms. The number of fused-ring (bicyclic) bond motifs is 3. The average Bonchev–Trinajstić information content (AvgIpc) is 2.58. The zero-order chi connectivity index (χ0) is 17.8. The minimum absolute atomic E-state index is 0.0844. The van der Waals surface area contributed by atoms with Crippen LogP contribution >= 0.6 is 0 Å². The molecule has 4 aromatic rings. The molecule has 0 N–H and O–H groups in total. The maximum Gasteiger partial charge on any atom is 0.417 e. The van der Waals surface area contributed by atoms with Gasteiger partial charge in [-0.2, -0.15) is 13.2 Å². The van der Waals surface area contributed by atoms with Gasteiger partial charge in [-0.3, -0.25) is 4.79 Å². The molecule has 0 unspecified atom stereocenters. The lowest BCUT2D eigenvalue weighted by Gasteiger charge is -2.11. The molecule has 0 saturated heterocycles. The molecule has 3 nitrogen and oxygen atoms in total. The van der Waals surface area contributed by atoms with Crippen molar-refractivity contribution in [3.63, 3.8) is 0 Å². The van der Waals surface area contributed by atoms with E-state index in [2.05, 4.69) is 0 Å². The van der Waals surface area contributed by atoms with Crippen LogP contribution in [0, 0.1) is 0 Å². The van der Waals surface area contributed by atoms with Gasteiger partial charge in [0.15, 0.2) is 0 Å². The van der Waals surface area contributed by atoms with Crippen LogP contribution in [0.1, 0.15) is 5.56 Å². The molecule has 0 aliphatic heterocycles. The maximum atomic E-state index is 13.3. The molecule has 126 valence electrons. The molecule has 0 bridgehead atoms. The van der Waals surface area contributed by atoms with Crippen LogP contribution in [0.2, 0.25) is 0 Å². The van der Waals surface area contributed by atoms with Crippen molar-refractivity contribution >= 4 is 32.7 Å². The van der Waals surface area contributed by atoms with Crippen molar-refractivity contribution in [2.75, 3.05) is 7.11 Å². The number of rotatable bonds is 1. The molecule has 1 heterocycles. The van der Waals surface area contributed by atoms with Crippen LogP contribution in [0.3, 0.4) is 0 Å². The SMILES string of the molecule is COc1cccc2cc3oc4cccc(C(F)(F)F)c4c(=O)c3cc12. The third kappa shape index (κ3) is 2.33. The first-order valence-corrected chi connectivity index (χ1v) is 7.43. The van der Waals surface area contributed by atoms with Gasteiger partial charge < -0.3 is 9.15 Å². The Balaban J connectivity index is 2.21. The van der Waals surface area contributed by atoms with Gasteiger partial charge in [0.1, 0.15) is 16.9 Å². The number of ether oxygens (including phenoxy) is 1. The van der Waals surface area contributed by atoms with E-state index in [1.165, 1.54) is 25.3 Å². The van der Waals surface area contributed by atoms with Gasteiger partial charge >= 0.3 is 6.18 Å². The van der Waals surface area contributed by atoms with E-state index in [0.717, 1.165) is 11.5 Å². The van der Waals surface area contributed by atoms with Crippen molar-refractivity contribution in [3.05, 3.63) is 64.3 Å². The normalized spacial score (nSPS) is 12.2. The highest BCUT2D eigenvalue weighted by Gasteiger charge is 2.34. The van der Waals surface area contributed by atoms with Crippen molar-refractivity contribution in [2.45, 2.75) is 6.18 Å². The number of halogens is 3. The molecular formula is C19H11F3O3. The molecule has 0 amide bonds. The van der Waals surface area contributed by atoms with Gasteiger partial charge in [-0.15, -0.1) is 0 Å². The van der Waals surface area contributed by atoms with Gasteiger partial charge in [0.05, 0.1) is 23.4 Å². The van der Waals surface area contributed by atoms with E-state index < -0.39 is 22.6 Å². The predicted molar refractivity (Wildman–Crippen MR) is 89.1 cm³/mol. The van der Waals surface area contributed by atoms with E-state index in [-0.39, 0.29) is 16.6 Å². The summed E-state index contributed by atoms with van der Waals surface area (Å²) in [4.78, 5) is 12.8. The minimum atomic E-state index is -4.64. The Labute approximate surface area is 139 Å². The fourth-order valence-corrected chi connectivity index (χ4v) is 3.06. The highest BCUT2D eigenvalue weighted by atomic mass is 19.4. The first-order valence-electron chi connectivity index (χ1n) is 7.43. The molecule has 0 saturated carbocycles. The second-order valence-corrected chi connectivity index (χ2v) is 5.64. The minimum Gasteiger partial charge on any atom is -0.496 e. The maximum absolute atomic E-state index is 13.3. The van der Waals surface area contributed by atoms with Crippen LogP contribution in [0.5, 0.6) is 5.75 Å². The molecule has 0 fully saturated rings. The Bertz CT molecular complexity index is 1190. The molecule has 0 spiro atoms. The van der Waals surface area contributed by atoms with Crippen LogP contribution in [0.25, 0.3) is 32.7 Å². The van der Waals surface area contributed by atoms with Crippen molar-refractivity contribution in [1.29, 1.82) is 0 Å². The Hall–Kier alpha value is -3.02. The summed E-state index contributed by atoms with van der Waals surface area (Å²) in [5.74, 6) is 0.531. The molecule has 3 aromatic carbocycles. The highest BCUT2D eigenvalue weighted by Crippen LogP contribution is 2.35. The zero-order valence-corrected chi connectivity index (χ0v) is 13.0. The fourth-order valence-electron chi connectivity index (χ4n) is 3.06. The van der Waals surface area contributed by atoms with Crippen molar-refractivity contribution in [2.24, 2.45) is 0 Å². The van der Waals surface area contributed by atoms with E-state index in [0.29, 0.717) is 11.1 Å². The molecule has 4 rings (SSSR count). The first-order chi connectivity index (χ1) is 11.9.